The van der Waals surface area contributed by atoms with Crippen molar-refractivity contribution >= 4 is 6.29 Å². The number of rotatable bonds is 7. The molecule has 0 radical (unpaired) electrons. The normalized spacial score (nSPS) is 17.5. The Hall–Kier alpha value is -0.710. The molecule has 0 aromatic carbocycles. The molecule has 0 N–H and O–H groups in total. The maximum Gasteiger partial charge on any atom is 0.151 e. The first-order chi connectivity index (χ1) is 6.24. The molecule has 3 atom stereocenters. The number of ether oxygens (including phenoxy) is 3. The number of carbonyl (C=O) groups is 1. The summed E-state index contributed by atoms with van der Waals surface area (Å²) in [4.78, 5) is 10.6. The fourth-order valence-corrected chi connectivity index (χ4v) is 1.09. The van der Waals surface area contributed by atoms with Gasteiger partial charge in [0.1, 0.15) is 18.3 Å². The van der Waals surface area contributed by atoms with Crippen LogP contribution in [0.5, 0.6) is 0 Å². The molecule has 0 aliphatic rings. The van der Waals surface area contributed by atoms with Gasteiger partial charge in [0.2, 0.25) is 0 Å². The van der Waals surface area contributed by atoms with Crippen LogP contribution in [0.4, 0.5) is 0 Å². The monoisotopic (exact) mass is 188 g/mol. The minimum atomic E-state index is -0.632. The molecule has 0 aromatic rings. The molecule has 0 aliphatic carbocycles. The molecule has 0 unspecified atom stereocenters. The van der Waals surface area contributed by atoms with Gasteiger partial charge in [-0.25, -0.2) is 0 Å². The fraction of sp³-hybridized carbons (Fsp3) is 0.667. The van der Waals surface area contributed by atoms with Gasteiger partial charge in [0.25, 0.3) is 0 Å². The third-order valence-corrected chi connectivity index (χ3v) is 1.83. The van der Waals surface area contributed by atoms with Gasteiger partial charge in [-0.3, -0.25) is 0 Å². The highest BCUT2D eigenvalue weighted by atomic mass is 16.6. The number of methoxy groups -OCH3 is 3. The molecule has 4 nitrogen and oxygen atoms in total. The quantitative estimate of drug-likeness (QED) is 0.429. The minimum Gasteiger partial charge on any atom is -0.375 e. The van der Waals surface area contributed by atoms with E-state index in [-0.39, 0.29) is 6.10 Å². The number of aldehydes is 1. The van der Waals surface area contributed by atoms with Crippen LogP contribution in [0.2, 0.25) is 0 Å². The highest BCUT2D eigenvalue weighted by molar-refractivity contribution is 5.57. The third kappa shape index (κ3) is 3.26. The van der Waals surface area contributed by atoms with E-state index in [1.54, 1.807) is 6.08 Å². The molecule has 0 bridgehead atoms. The van der Waals surface area contributed by atoms with Crippen molar-refractivity contribution in [2.45, 2.75) is 18.3 Å². The van der Waals surface area contributed by atoms with Gasteiger partial charge >= 0.3 is 0 Å². The Labute approximate surface area is 78.5 Å². The second-order valence-corrected chi connectivity index (χ2v) is 2.47. The van der Waals surface area contributed by atoms with Crippen molar-refractivity contribution in [3.63, 3.8) is 0 Å². The van der Waals surface area contributed by atoms with Crippen LogP contribution < -0.4 is 0 Å². The van der Waals surface area contributed by atoms with Crippen LogP contribution >= 0.6 is 0 Å². The standard InChI is InChI=1S/C9H16O4/c1-5-7(11-2)9(13-4)8(6-10)12-3/h5-9H,1H2,2-4H3/t7-,8-,9+/m1/s1. The number of hydrogen-bond donors (Lipinski definition) is 0. The molecule has 0 aromatic heterocycles. The topological polar surface area (TPSA) is 44.8 Å². The van der Waals surface area contributed by atoms with Gasteiger partial charge in [-0.1, -0.05) is 6.08 Å². The summed E-state index contributed by atoms with van der Waals surface area (Å²) >= 11 is 0. The Kier molecular flexibility index (Phi) is 6.40. The molecule has 0 spiro atoms. The van der Waals surface area contributed by atoms with Crippen molar-refractivity contribution in [2.24, 2.45) is 0 Å². The molecule has 0 aliphatic heterocycles. The summed E-state index contributed by atoms with van der Waals surface area (Å²) in [5, 5.41) is 0. The molecular weight excluding hydrogens is 172 g/mol. The predicted molar refractivity (Wildman–Crippen MR) is 48.7 cm³/mol. The van der Waals surface area contributed by atoms with Gasteiger partial charge in [-0.05, 0) is 0 Å². The van der Waals surface area contributed by atoms with Crippen LogP contribution in [-0.2, 0) is 19.0 Å². The smallest absolute Gasteiger partial charge is 0.151 e. The van der Waals surface area contributed by atoms with Crippen LogP contribution in [0, 0.1) is 0 Å². The van der Waals surface area contributed by atoms with Crippen LogP contribution in [0.15, 0.2) is 12.7 Å². The average molecular weight is 188 g/mol. The molecule has 0 saturated carbocycles. The van der Waals surface area contributed by atoms with E-state index in [9.17, 15) is 4.79 Å². The Bertz CT molecular complexity index is 142. The Morgan fingerprint density at radius 1 is 1.08 bits per heavy atom. The van der Waals surface area contributed by atoms with Gasteiger partial charge < -0.3 is 19.0 Å². The molecular formula is C9H16O4. The second kappa shape index (κ2) is 6.77. The van der Waals surface area contributed by atoms with Crippen molar-refractivity contribution in [2.75, 3.05) is 21.3 Å². The van der Waals surface area contributed by atoms with Crippen molar-refractivity contribution < 1.29 is 19.0 Å². The highest BCUT2D eigenvalue weighted by Crippen LogP contribution is 2.09. The molecule has 76 valence electrons. The molecule has 0 amide bonds. The van der Waals surface area contributed by atoms with Gasteiger partial charge in [-0.15, -0.1) is 6.58 Å². The zero-order valence-corrected chi connectivity index (χ0v) is 8.23. The Morgan fingerprint density at radius 3 is 1.85 bits per heavy atom. The van der Waals surface area contributed by atoms with Crippen LogP contribution in [-0.4, -0.2) is 45.9 Å². The lowest BCUT2D eigenvalue weighted by molar-refractivity contribution is -0.132. The van der Waals surface area contributed by atoms with E-state index in [1.165, 1.54) is 21.3 Å². The predicted octanol–water partition coefficient (Wildman–Crippen LogP) is 0.416. The molecule has 0 fully saturated rings. The van der Waals surface area contributed by atoms with Gasteiger partial charge in [0.15, 0.2) is 6.29 Å². The average Bonchev–Trinajstić information content (AvgIpc) is 2.18. The number of hydrogen-bond acceptors (Lipinski definition) is 4. The van der Waals surface area contributed by atoms with E-state index in [0.29, 0.717) is 6.29 Å². The summed E-state index contributed by atoms with van der Waals surface area (Å²) in [6.07, 6.45) is 0.825. The van der Waals surface area contributed by atoms with Crippen molar-refractivity contribution in [1.82, 2.24) is 0 Å². The fourth-order valence-electron chi connectivity index (χ4n) is 1.09. The highest BCUT2D eigenvalue weighted by Gasteiger charge is 2.27. The first-order valence-electron chi connectivity index (χ1n) is 3.91. The summed E-state index contributed by atoms with van der Waals surface area (Å²) in [5.74, 6) is 0. The SMILES string of the molecule is C=C[C@@H](OC)[C@H](OC)[C@@H](C=O)OC. The largest absolute Gasteiger partial charge is 0.375 e. The van der Waals surface area contributed by atoms with E-state index in [0.717, 1.165) is 0 Å². The van der Waals surface area contributed by atoms with Crippen LogP contribution in [0.1, 0.15) is 0 Å². The lowest BCUT2D eigenvalue weighted by Gasteiger charge is -2.25. The van der Waals surface area contributed by atoms with E-state index < -0.39 is 12.2 Å². The van der Waals surface area contributed by atoms with Crippen LogP contribution in [0.3, 0.4) is 0 Å². The van der Waals surface area contributed by atoms with E-state index in [4.69, 9.17) is 14.2 Å². The summed E-state index contributed by atoms with van der Waals surface area (Å²) < 4.78 is 15.1. The van der Waals surface area contributed by atoms with E-state index in [2.05, 4.69) is 6.58 Å². The summed E-state index contributed by atoms with van der Waals surface area (Å²) in [5.41, 5.74) is 0. The van der Waals surface area contributed by atoms with E-state index >= 15 is 0 Å². The summed E-state index contributed by atoms with van der Waals surface area (Å²) in [6, 6.07) is 0. The molecule has 0 saturated heterocycles. The summed E-state index contributed by atoms with van der Waals surface area (Å²) in [7, 11) is 4.46. The zero-order valence-electron chi connectivity index (χ0n) is 8.23. The summed E-state index contributed by atoms with van der Waals surface area (Å²) in [6.45, 7) is 3.58. The maximum absolute atomic E-state index is 10.6. The van der Waals surface area contributed by atoms with Gasteiger partial charge in [-0.2, -0.15) is 0 Å². The molecule has 0 rings (SSSR count). The molecule has 0 heterocycles. The molecule has 13 heavy (non-hydrogen) atoms. The van der Waals surface area contributed by atoms with Crippen LogP contribution in [0.25, 0.3) is 0 Å². The van der Waals surface area contributed by atoms with Crippen molar-refractivity contribution in [3.8, 4) is 0 Å². The van der Waals surface area contributed by atoms with E-state index in [1.807, 2.05) is 0 Å². The molecule has 4 heteroatoms. The van der Waals surface area contributed by atoms with Crippen molar-refractivity contribution in [1.29, 1.82) is 0 Å². The maximum atomic E-state index is 10.6. The minimum absolute atomic E-state index is 0.347. The lowest BCUT2D eigenvalue weighted by Crippen LogP contribution is -2.41. The van der Waals surface area contributed by atoms with Crippen molar-refractivity contribution in [3.05, 3.63) is 12.7 Å². The van der Waals surface area contributed by atoms with Gasteiger partial charge in [0, 0.05) is 21.3 Å². The zero-order chi connectivity index (χ0) is 10.3. The second-order valence-electron chi connectivity index (χ2n) is 2.47. The van der Waals surface area contributed by atoms with Gasteiger partial charge in [0.05, 0.1) is 0 Å². The first kappa shape index (κ1) is 12.3. The third-order valence-electron chi connectivity index (χ3n) is 1.83. The first-order valence-corrected chi connectivity index (χ1v) is 3.91. The lowest BCUT2D eigenvalue weighted by atomic mass is 10.1. The number of carbonyl (C=O) groups excluding carboxylic acids is 1. The Balaban J connectivity index is 4.43. The Morgan fingerprint density at radius 2 is 1.62 bits per heavy atom.